The van der Waals surface area contributed by atoms with Gasteiger partial charge in [-0.25, -0.2) is 27.5 Å². The van der Waals surface area contributed by atoms with Crippen molar-refractivity contribution in [2.24, 2.45) is 0 Å². The number of H-pyrrole nitrogens is 1. The van der Waals surface area contributed by atoms with E-state index in [1.54, 1.807) is 19.9 Å². The van der Waals surface area contributed by atoms with Crippen molar-refractivity contribution in [3.8, 4) is 0 Å². The van der Waals surface area contributed by atoms with Gasteiger partial charge in [-0.2, -0.15) is 4.72 Å². The van der Waals surface area contributed by atoms with Gasteiger partial charge in [-0.15, -0.1) is 5.10 Å². The van der Waals surface area contributed by atoms with Crippen LogP contribution in [0.4, 0.5) is 4.39 Å². The molecule has 0 spiro atoms. The van der Waals surface area contributed by atoms with E-state index in [2.05, 4.69) is 9.82 Å². The van der Waals surface area contributed by atoms with Crippen LogP contribution in [0.5, 0.6) is 0 Å². The lowest BCUT2D eigenvalue weighted by atomic mass is 9.88. The van der Waals surface area contributed by atoms with Crippen LogP contribution in [0.25, 0.3) is 0 Å². The Labute approximate surface area is 187 Å². The first-order valence-electron chi connectivity index (χ1n) is 9.28. The van der Waals surface area contributed by atoms with Crippen molar-refractivity contribution in [1.82, 2.24) is 14.9 Å². The smallest absolute Gasteiger partial charge is 0.434 e. The third-order valence-electron chi connectivity index (χ3n) is 5.15. The van der Waals surface area contributed by atoms with E-state index in [0.29, 0.717) is 5.56 Å². The van der Waals surface area contributed by atoms with Crippen molar-refractivity contribution in [3.05, 3.63) is 79.9 Å². The highest BCUT2D eigenvalue weighted by Gasteiger charge is 2.34. The number of rotatable bonds is 7. The zero-order valence-electron chi connectivity index (χ0n) is 17.1. The number of nitrogens with zero attached hydrogens (tertiary/aromatic N) is 1. The molecule has 3 rings (SSSR count). The quantitative estimate of drug-likeness (QED) is 0.468. The summed E-state index contributed by atoms with van der Waals surface area (Å²) >= 11 is 5.81. The Hall–Kier alpha value is -3.02. The lowest BCUT2D eigenvalue weighted by Crippen LogP contribution is -2.33. The van der Waals surface area contributed by atoms with Gasteiger partial charge in [0.2, 0.25) is 15.9 Å². The van der Waals surface area contributed by atoms with Crippen LogP contribution in [0.2, 0.25) is 5.02 Å². The number of carboxylic acid groups (broad SMARTS) is 1. The van der Waals surface area contributed by atoms with Crippen molar-refractivity contribution in [3.63, 3.8) is 0 Å². The number of nitrogens with one attached hydrogen (secondary N) is 2. The highest BCUT2D eigenvalue weighted by atomic mass is 35.5. The summed E-state index contributed by atoms with van der Waals surface area (Å²) in [6.45, 7) is 4.98. The van der Waals surface area contributed by atoms with Crippen molar-refractivity contribution in [1.29, 1.82) is 0 Å². The summed E-state index contributed by atoms with van der Waals surface area (Å²) in [6.07, 6.45) is 0. The van der Waals surface area contributed by atoms with E-state index in [4.69, 9.17) is 16.0 Å². The second-order valence-corrected chi connectivity index (χ2v) is 9.31. The maximum absolute atomic E-state index is 14.7. The Morgan fingerprint density at radius 3 is 2.56 bits per heavy atom. The predicted molar refractivity (Wildman–Crippen MR) is 113 cm³/mol. The van der Waals surface area contributed by atoms with Gasteiger partial charge < -0.3 is 9.52 Å². The first-order chi connectivity index (χ1) is 14.9. The second kappa shape index (κ2) is 8.85. The highest BCUT2D eigenvalue weighted by molar-refractivity contribution is 7.89. The topological polar surface area (TPSA) is 142 Å². The van der Waals surface area contributed by atoms with Crippen LogP contribution >= 0.6 is 11.6 Å². The van der Waals surface area contributed by atoms with Crippen molar-refractivity contribution < 1.29 is 27.1 Å². The number of aromatic carboxylic acids is 1. The van der Waals surface area contributed by atoms with Crippen molar-refractivity contribution in [2.75, 3.05) is 0 Å². The minimum absolute atomic E-state index is 0.0297. The third kappa shape index (κ3) is 4.59. The van der Waals surface area contributed by atoms with Gasteiger partial charge in [0, 0.05) is 10.9 Å². The second-order valence-electron chi connectivity index (χ2n) is 7.19. The summed E-state index contributed by atoms with van der Waals surface area (Å²) in [5.41, 5.74) is 0.984. The van der Waals surface area contributed by atoms with Gasteiger partial charge in [0.15, 0.2) is 0 Å². The Bertz CT molecular complexity index is 1350. The van der Waals surface area contributed by atoms with E-state index in [-0.39, 0.29) is 16.5 Å². The molecule has 1 aromatic heterocycles. The molecule has 12 heteroatoms. The molecule has 3 aromatic rings. The van der Waals surface area contributed by atoms with Gasteiger partial charge in [0.25, 0.3) is 0 Å². The Balaban J connectivity index is 2.14. The number of hydrogen-bond donors (Lipinski definition) is 3. The number of aromatic amines is 1. The zero-order chi connectivity index (χ0) is 23.8. The number of halogens is 2. The molecule has 1 unspecified atom stereocenters. The monoisotopic (exact) mass is 483 g/mol. The van der Waals surface area contributed by atoms with Crippen LogP contribution in [-0.4, -0.2) is 29.7 Å². The first kappa shape index (κ1) is 23.6. The molecule has 32 heavy (non-hydrogen) atoms. The molecular formula is C20H19ClFN3O6S. The number of carboxylic acids is 1. The fraction of sp³-hybridized carbons (Fsp3) is 0.250. The molecule has 0 saturated heterocycles. The van der Waals surface area contributed by atoms with E-state index in [0.717, 1.165) is 17.7 Å². The summed E-state index contributed by atoms with van der Waals surface area (Å²) in [6, 6.07) is 4.75. The molecule has 9 nitrogen and oxygen atoms in total. The largest absolute Gasteiger partial charge is 0.478 e. The fourth-order valence-electron chi connectivity index (χ4n) is 3.41. The summed E-state index contributed by atoms with van der Waals surface area (Å²) < 4.78 is 48.3. The van der Waals surface area contributed by atoms with Crippen molar-refractivity contribution >= 4 is 27.6 Å². The van der Waals surface area contributed by atoms with E-state index >= 15 is 0 Å². The number of hydrogen-bond acceptors (Lipinski definition) is 6. The maximum atomic E-state index is 14.7. The fourth-order valence-corrected chi connectivity index (χ4v) is 5.03. The van der Waals surface area contributed by atoms with Crippen LogP contribution in [0.15, 0.2) is 44.4 Å². The van der Waals surface area contributed by atoms with Crippen LogP contribution < -0.4 is 10.5 Å². The summed E-state index contributed by atoms with van der Waals surface area (Å²) in [5.74, 6) is -4.26. The molecule has 0 aliphatic heterocycles. The summed E-state index contributed by atoms with van der Waals surface area (Å²) in [4.78, 5) is 22.6. The lowest BCUT2D eigenvalue weighted by molar-refractivity contribution is 0.0692. The Morgan fingerprint density at radius 2 is 1.97 bits per heavy atom. The average molecular weight is 484 g/mol. The first-order valence-corrected chi connectivity index (χ1v) is 11.1. The van der Waals surface area contributed by atoms with Gasteiger partial charge in [0.05, 0.1) is 10.5 Å². The number of sulfonamides is 1. The number of aryl methyl sites for hydroxylation is 1. The normalized spacial score (nSPS) is 13.7. The molecule has 2 aromatic carbocycles. The van der Waals surface area contributed by atoms with Crippen LogP contribution in [-0.2, 0) is 10.0 Å². The van der Waals surface area contributed by atoms with Gasteiger partial charge in [0.1, 0.15) is 11.9 Å². The zero-order valence-corrected chi connectivity index (χ0v) is 18.7. The van der Waals surface area contributed by atoms with E-state index in [1.165, 1.54) is 19.1 Å². The minimum Gasteiger partial charge on any atom is -0.478 e. The molecule has 2 atom stereocenters. The molecular weight excluding hydrogens is 465 g/mol. The van der Waals surface area contributed by atoms with Gasteiger partial charge in [-0.05, 0) is 54.8 Å². The minimum atomic E-state index is -4.51. The molecule has 0 fully saturated rings. The average Bonchev–Trinajstić information content (AvgIpc) is 3.15. The van der Waals surface area contributed by atoms with Gasteiger partial charge in [-0.3, -0.25) is 0 Å². The molecule has 3 N–H and O–H groups in total. The molecule has 1 heterocycles. The third-order valence-corrected chi connectivity index (χ3v) is 6.89. The molecule has 0 bridgehead atoms. The van der Waals surface area contributed by atoms with Crippen LogP contribution in [0.1, 0.15) is 51.8 Å². The Kier molecular flexibility index (Phi) is 6.54. The number of benzene rings is 2. The Morgan fingerprint density at radius 1 is 1.28 bits per heavy atom. The van der Waals surface area contributed by atoms with Gasteiger partial charge in [-0.1, -0.05) is 24.6 Å². The van der Waals surface area contributed by atoms with Gasteiger partial charge >= 0.3 is 11.7 Å². The number of aromatic nitrogens is 2. The number of carbonyl (C=O) groups is 1. The molecule has 0 amide bonds. The SMILES string of the molecule is Cc1ccc(F)c(C(C)[C@H](NS(=O)(=O)c2ccc(Cl)cc2C(=O)O)c2n[nH]c(=O)o2)c1C. The standard InChI is InChI=1S/C20H19ClFN3O6S/c1-9-4-6-14(22)16(10(9)2)11(3)17(18-23-24-20(28)31-18)25-32(29,30)15-7-5-12(21)8-13(15)19(26)27/h4-8,11,17,25H,1-3H3,(H,24,28)(H,26,27)/t11?,17-/m0/s1. The molecule has 170 valence electrons. The predicted octanol–water partition coefficient (Wildman–Crippen LogP) is 3.29. The molecule has 0 radical (unpaired) electrons. The lowest BCUT2D eigenvalue weighted by Gasteiger charge is -2.25. The molecule has 0 aliphatic carbocycles. The van der Waals surface area contributed by atoms with E-state index in [1.807, 2.05) is 5.10 Å². The molecule has 0 aliphatic rings. The van der Waals surface area contributed by atoms with Crippen LogP contribution in [0.3, 0.4) is 0 Å². The van der Waals surface area contributed by atoms with Crippen molar-refractivity contribution in [2.45, 2.75) is 37.6 Å². The van der Waals surface area contributed by atoms with E-state index < -0.39 is 50.0 Å². The maximum Gasteiger partial charge on any atom is 0.434 e. The van der Waals surface area contributed by atoms with E-state index in [9.17, 15) is 27.5 Å². The summed E-state index contributed by atoms with van der Waals surface area (Å²) in [7, 11) is -4.51. The molecule has 0 saturated carbocycles. The highest BCUT2D eigenvalue weighted by Crippen LogP contribution is 2.35. The van der Waals surface area contributed by atoms with Crippen LogP contribution in [0, 0.1) is 19.7 Å². The summed E-state index contributed by atoms with van der Waals surface area (Å²) in [5, 5.41) is 15.2.